The van der Waals surface area contributed by atoms with E-state index < -0.39 is 6.85 Å². The van der Waals surface area contributed by atoms with Crippen molar-refractivity contribution < 1.29 is 29.0 Å². The Kier molecular flexibility index (Phi) is 7.65. The molecule has 6 aliphatic rings. The Bertz CT molecular complexity index is 1340. The van der Waals surface area contributed by atoms with Crippen LogP contribution < -0.4 is 0 Å². The van der Waals surface area contributed by atoms with Gasteiger partial charge in [-0.25, -0.2) is 12.1 Å². The molecule has 4 aliphatic heterocycles. The second kappa shape index (κ2) is 12.1. The molecule has 0 bridgehead atoms. The van der Waals surface area contributed by atoms with Crippen molar-refractivity contribution in [2.75, 3.05) is 6.54 Å². The fourth-order valence-corrected chi connectivity index (χ4v) is 6.96. The van der Waals surface area contributed by atoms with Crippen LogP contribution in [-0.2, 0) is 37.8 Å². The van der Waals surface area contributed by atoms with E-state index in [2.05, 4.69) is 60.9 Å². The maximum Gasteiger partial charge on any atom is 0.175 e. The Labute approximate surface area is 250 Å². The van der Waals surface area contributed by atoms with Crippen LogP contribution in [0.3, 0.4) is 0 Å². The summed E-state index contributed by atoms with van der Waals surface area (Å²) in [6.07, 6.45) is 20.3. The van der Waals surface area contributed by atoms with E-state index >= 15 is 0 Å². The Morgan fingerprint density at radius 1 is 1.29 bits per heavy atom. The van der Waals surface area contributed by atoms with E-state index in [0.29, 0.717) is 12.1 Å². The van der Waals surface area contributed by atoms with Crippen LogP contribution in [0.5, 0.6) is 0 Å². The second-order valence-electron chi connectivity index (χ2n) is 10.8. The zero-order chi connectivity index (χ0) is 27.9. The number of aryl methyl sites for hydroxylation is 1. The van der Waals surface area contributed by atoms with Crippen molar-refractivity contribution in [2.24, 2.45) is 16.8 Å². The van der Waals surface area contributed by atoms with Crippen molar-refractivity contribution >= 4 is 17.0 Å². The van der Waals surface area contributed by atoms with Crippen molar-refractivity contribution in [1.29, 1.82) is 0 Å². The number of hydrogen-bond donors (Lipinski definition) is 0. The van der Waals surface area contributed by atoms with Gasteiger partial charge in [-0.1, -0.05) is 37.7 Å². The number of allylic oxidation sites excluding steroid dienone is 7. The number of rotatable bonds is 2. The van der Waals surface area contributed by atoms with Crippen molar-refractivity contribution in [1.82, 2.24) is 0 Å². The number of thiophene rings is 1. The van der Waals surface area contributed by atoms with Gasteiger partial charge in [0.1, 0.15) is 0 Å². The maximum absolute atomic E-state index is 7.65. The van der Waals surface area contributed by atoms with Crippen molar-refractivity contribution in [3.8, 4) is 0 Å². The van der Waals surface area contributed by atoms with Crippen LogP contribution in [0.4, 0.5) is 0 Å². The topological polar surface area (TPSA) is 49.8 Å². The van der Waals surface area contributed by atoms with E-state index in [1.165, 1.54) is 44.2 Å². The smallest absolute Gasteiger partial charge is 0.175 e. The first-order valence-electron chi connectivity index (χ1n) is 15.2. The van der Waals surface area contributed by atoms with Gasteiger partial charge in [-0.05, 0) is 61.7 Å². The monoisotopic (exact) mass is 707 g/mol. The number of hydrogen-bond acceptors (Lipinski definition) is 3. The van der Waals surface area contributed by atoms with E-state index in [0.717, 1.165) is 56.9 Å². The van der Waals surface area contributed by atoms with Gasteiger partial charge in [0, 0.05) is 40.7 Å². The number of fused-ring (bicyclic) bond motifs is 4. The molecule has 4 nitrogen and oxygen atoms in total. The first kappa shape index (κ1) is 24.0. The van der Waals surface area contributed by atoms with Gasteiger partial charge in [-0.3, -0.25) is 4.99 Å². The first-order valence-corrected chi connectivity index (χ1v) is 14.5. The van der Waals surface area contributed by atoms with Gasteiger partial charge >= 0.3 is 0 Å². The van der Waals surface area contributed by atoms with Crippen LogP contribution in [0.15, 0.2) is 63.5 Å². The third-order valence-electron chi connectivity index (χ3n) is 7.94. The number of aliphatic imine (C=N–C) groups is 1. The molecule has 0 N–H and O–H groups in total. The normalized spacial score (nSPS) is 30.7. The molecule has 1 fully saturated rings. The van der Waals surface area contributed by atoms with Crippen LogP contribution in [0.2, 0.25) is 0 Å². The molecule has 0 spiro atoms. The van der Waals surface area contributed by atoms with Gasteiger partial charge < -0.3 is 15.4 Å². The Morgan fingerprint density at radius 3 is 3.00 bits per heavy atom. The van der Waals surface area contributed by atoms with Crippen molar-refractivity contribution in [3.63, 3.8) is 0 Å². The molecule has 2 aliphatic carbocycles. The zero-order valence-electron chi connectivity index (χ0n) is 25.1. The molecular formula is C32H37IrN3OS-4. The summed E-state index contributed by atoms with van der Waals surface area (Å²) in [6.45, 7) is 4.04. The van der Waals surface area contributed by atoms with Crippen LogP contribution >= 0.6 is 11.3 Å². The van der Waals surface area contributed by atoms with E-state index in [-0.39, 0.29) is 38.3 Å². The van der Waals surface area contributed by atoms with Gasteiger partial charge in [0.2, 0.25) is 0 Å². The van der Waals surface area contributed by atoms with Crippen LogP contribution in [0.1, 0.15) is 71.7 Å². The molecule has 5 heterocycles. The minimum Gasteiger partial charge on any atom is -0.742 e. The third kappa shape index (κ3) is 5.84. The van der Waals surface area contributed by atoms with Gasteiger partial charge in [0.25, 0.3) is 0 Å². The molecule has 7 rings (SSSR count). The van der Waals surface area contributed by atoms with E-state index in [4.69, 9.17) is 14.2 Å². The Hall–Kier alpha value is -1.85. The average molecular weight is 707 g/mol. The van der Waals surface area contributed by atoms with Crippen LogP contribution in [-0.4, -0.2) is 24.5 Å². The molecule has 6 heteroatoms. The summed E-state index contributed by atoms with van der Waals surface area (Å²) >= 11 is 1.84. The molecule has 0 amide bonds. The van der Waals surface area contributed by atoms with Gasteiger partial charge in [-0.2, -0.15) is 35.5 Å². The van der Waals surface area contributed by atoms with Crippen molar-refractivity contribution in [3.05, 3.63) is 97.0 Å². The van der Waals surface area contributed by atoms with Gasteiger partial charge in [0.05, 0.1) is 0 Å². The fourth-order valence-electron chi connectivity index (χ4n) is 5.95. The summed E-state index contributed by atoms with van der Waals surface area (Å²) in [5, 5.41) is 9.49. The first-order chi connectivity index (χ1) is 19.3. The van der Waals surface area contributed by atoms with Gasteiger partial charge in [0.15, 0.2) is 6.23 Å². The molecule has 2 unspecified atom stereocenters. The molecular weight excluding hydrogens is 667 g/mol. The largest absolute Gasteiger partial charge is 0.742 e. The van der Waals surface area contributed by atoms with Crippen LogP contribution in [0.25, 0.3) is 10.6 Å². The summed E-state index contributed by atoms with van der Waals surface area (Å²) < 4.78 is 29.2. The minimum absolute atomic E-state index is 0. The predicted octanol–water partition coefficient (Wildman–Crippen LogP) is 8.23. The summed E-state index contributed by atoms with van der Waals surface area (Å²) in [6, 6.07) is 2.41. The third-order valence-corrected chi connectivity index (χ3v) is 9.01. The Balaban J connectivity index is 0.000000204. The standard InChI is InChI=1S/C20H22N2OS.C12H15N.Ir/c1-11-6-7-15-14-4-3-5-16(19(14)23-20(15)22-11)17-9-13-8-12(2)24-18(13)10-21-17;1-10-7-8-12(13-9-10)11-5-3-2-4-6-11;/h4-5,8,15,17,20H,3,6-7,9-10H2,1-2H3;2-3,8,10H,4,6-7,9H2,1H3;/q2*-2;/t15?,17-,20?;10-;/m10./s1/i1D3;;. The number of nitrogens with zero attached hydrogens (tertiary/aromatic N) is 3. The summed E-state index contributed by atoms with van der Waals surface area (Å²) in [7, 11) is 0. The maximum atomic E-state index is 7.65. The van der Waals surface area contributed by atoms with Crippen molar-refractivity contribution in [2.45, 2.75) is 84.5 Å². The molecule has 4 atom stereocenters. The SMILES string of the molecule is C[C@H]1CC=C(C2=[C-]C=CCC2)[N-]C1.[2H]C([2H])([2H])C1=NC2OC3=C([C@H]4Cc5cc(C)sc5C[N-]4)[CH-]CC=C3C2CC1.[Ir]. The summed E-state index contributed by atoms with van der Waals surface area (Å²) in [5.41, 5.74) is 6.59. The summed E-state index contributed by atoms with van der Waals surface area (Å²) in [5.74, 6) is 1.82. The minimum atomic E-state index is -2.12. The molecule has 0 saturated carbocycles. The molecule has 1 saturated heterocycles. The molecule has 205 valence electrons. The number of ether oxygens (including phenoxy) is 1. The molecule has 1 aromatic rings. The quantitative estimate of drug-likeness (QED) is 0.286. The zero-order valence-corrected chi connectivity index (χ0v) is 25.3. The predicted molar refractivity (Wildman–Crippen MR) is 154 cm³/mol. The molecule has 0 aromatic carbocycles. The second-order valence-corrected chi connectivity index (χ2v) is 12.2. The molecule has 1 radical (unpaired) electrons. The summed E-state index contributed by atoms with van der Waals surface area (Å²) in [4.78, 5) is 7.20. The van der Waals surface area contributed by atoms with E-state index in [1.807, 2.05) is 17.4 Å². The van der Waals surface area contributed by atoms with E-state index in [1.54, 1.807) is 0 Å². The average Bonchev–Trinajstić information content (AvgIpc) is 3.52. The van der Waals surface area contributed by atoms with Gasteiger partial charge in [-0.15, -0.1) is 36.5 Å². The van der Waals surface area contributed by atoms with Crippen LogP contribution in [0, 0.1) is 31.3 Å². The fraction of sp³-hybridized carbons (Fsp3) is 0.500. The molecule has 38 heavy (non-hydrogen) atoms. The van der Waals surface area contributed by atoms with E-state index in [9.17, 15) is 0 Å². The molecule has 1 aromatic heterocycles. The Morgan fingerprint density at radius 2 is 2.21 bits per heavy atom.